The first-order valence-electron chi connectivity index (χ1n) is 8.51. The van der Waals surface area contributed by atoms with Crippen LogP contribution < -0.4 is 0 Å². The van der Waals surface area contributed by atoms with Crippen LogP contribution in [0.4, 0.5) is 0 Å². The maximum atomic E-state index is 12.2. The van der Waals surface area contributed by atoms with E-state index in [9.17, 15) is 9.90 Å². The number of nitrogens with zero attached hydrogens (tertiary/aromatic N) is 1. The third-order valence-corrected chi connectivity index (χ3v) is 4.70. The predicted octanol–water partition coefficient (Wildman–Crippen LogP) is 3.62. The summed E-state index contributed by atoms with van der Waals surface area (Å²) in [7, 11) is 0. The Hall–Kier alpha value is -2.07. The molecule has 0 aliphatic carbocycles. The van der Waals surface area contributed by atoms with Crippen LogP contribution in [0.2, 0.25) is 0 Å². The zero-order chi connectivity index (χ0) is 17.6. The molecule has 1 heterocycles. The summed E-state index contributed by atoms with van der Waals surface area (Å²) >= 11 is 0. The van der Waals surface area contributed by atoms with Gasteiger partial charge in [-0.25, -0.2) is 0 Å². The third kappa shape index (κ3) is 3.88. The molecule has 0 bridgehead atoms. The van der Waals surface area contributed by atoms with E-state index in [0.29, 0.717) is 12.8 Å². The fourth-order valence-electron chi connectivity index (χ4n) is 3.51. The highest BCUT2D eigenvalue weighted by molar-refractivity contribution is 5.69. The molecule has 1 aromatic rings. The van der Waals surface area contributed by atoms with Crippen molar-refractivity contribution in [3.05, 3.63) is 55.1 Å². The molecule has 0 spiro atoms. The molecule has 0 amide bonds. The number of piperidine rings is 1. The van der Waals surface area contributed by atoms with Crippen LogP contribution in [-0.2, 0) is 15.1 Å². The summed E-state index contributed by atoms with van der Waals surface area (Å²) in [6.45, 7) is 11.9. The molecule has 4 heteroatoms. The minimum absolute atomic E-state index is 0.0843. The lowest BCUT2D eigenvalue weighted by Crippen LogP contribution is -2.52. The molecule has 1 fully saturated rings. The molecule has 130 valence electrons. The number of rotatable bonds is 7. The Morgan fingerprint density at radius 1 is 1.46 bits per heavy atom. The van der Waals surface area contributed by atoms with Crippen molar-refractivity contribution < 1.29 is 14.6 Å². The lowest BCUT2D eigenvalue weighted by molar-refractivity contribution is -0.176. The monoisotopic (exact) mass is 329 g/mol. The van der Waals surface area contributed by atoms with Crippen LogP contribution in [0.25, 0.3) is 0 Å². The van der Waals surface area contributed by atoms with Gasteiger partial charge >= 0.3 is 5.97 Å². The molecule has 1 aromatic carbocycles. The number of phenolic OH excluding ortho intramolecular Hbond substituents is 1. The van der Waals surface area contributed by atoms with Crippen molar-refractivity contribution in [1.82, 2.24) is 4.90 Å². The minimum atomic E-state index is -0.725. The number of phenols is 1. The van der Waals surface area contributed by atoms with E-state index in [1.54, 1.807) is 25.1 Å². The highest BCUT2D eigenvalue weighted by Crippen LogP contribution is 2.44. The van der Waals surface area contributed by atoms with Crippen molar-refractivity contribution in [2.75, 3.05) is 19.6 Å². The van der Waals surface area contributed by atoms with Gasteiger partial charge in [0.15, 0.2) is 0 Å². The van der Waals surface area contributed by atoms with E-state index in [2.05, 4.69) is 18.1 Å². The van der Waals surface area contributed by atoms with Crippen LogP contribution in [0.3, 0.4) is 0 Å². The highest BCUT2D eigenvalue weighted by Gasteiger charge is 2.46. The summed E-state index contributed by atoms with van der Waals surface area (Å²) in [6, 6.07) is 7.07. The molecule has 0 aromatic heterocycles. The largest absolute Gasteiger partial charge is 0.508 e. The Kier molecular flexibility index (Phi) is 6.21. The highest BCUT2D eigenvalue weighted by atomic mass is 16.6. The van der Waals surface area contributed by atoms with Crippen molar-refractivity contribution in [3.8, 4) is 5.75 Å². The lowest BCUT2D eigenvalue weighted by atomic mass is 9.74. The van der Waals surface area contributed by atoms with Crippen molar-refractivity contribution in [2.45, 2.75) is 31.8 Å². The molecule has 1 aliphatic heterocycles. The fourth-order valence-corrected chi connectivity index (χ4v) is 3.51. The summed E-state index contributed by atoms with van der Waals surface area (Å²) in [4.78, 5) is 14.5. The lowest BCUT2D eigenvalue weighted by Gasteiger charge is -2.47. The molecule has 0 saturated carbocycles. The standard InChI is InChI=1S/C20H27NO3/c1-4-8-17-15-21(12-5-2)13-11-20(17,24-19(23)6-3)16-9-7-10-18(22)14-16/h4-5,7,9-10,14,17,22H,1-2,6,8,11-13,15H2,3H3/t17-,20-/m1/s1. The van der Waals surface area contributed by atoms with E-state index < -0.39 is 5.60 Å². The summed E-state index contributed by atoms with van der Waals surface area (Å²) < 4.78 is 6.01. The second-order valence-electron chi connectivity index (χ2n) is 6.29. The Labute approximate surface area is 144 Å². The average Bonchev–Trinajstić information content (AvgIpc) is 2.57. The van der Waals surface area contributed by atoms with Crippen molar-refractivity contribution in [2.24, 2.45) is 5.92 Å². The molecule has 1 aliphatic rings. The van der Waals surface area contributed by atoms with Crippen molar-refractivity contribution in [1.29, 1.82) is 0 Å². The van der Waals surface area contributed by atoms with Gasteiger partial charge in [0.25, 0.3) is 0 Å². The Balaban J connectivity index is 2.44. The third-order valence-electron chi connectivity index (χ3n) is 4.70. The van der Waals surface area contributed by atoms with Gasteiger partial charge in [-0.1, -0.05) is 31.2 Å². The van der Waals surface area contributed by atoms with Crippen LogP contribution in [-0.4, -0.2) is 35.6 Å². The molecular formula is C20H27NO3. The topological polar surface area (TPSA) is 49.8 Å². The van der Waals surface area contributed by atoms with Crippen LogP contribution in [0.15, 0.2) is 49.6 Å². The number of carbonyl (C=O) groups is 1. The molecule has 4 nitrogen and oxygen atoms in total. The van der Waals surface area contributed by atoms with Crippen molar-refractivity contribution >= 4 is 5.97 Å². The molecule has 0 unspecified atom stereocenters. The maximum absolute atomic E-state index is 12.2. The number of allylic oxidation sites excluding steroid dienone is 1. The number of likely N-dealkylation sites (tertiary alicyclic amines) is 1. The van der Waals surface area contributed by atoms with Crippen LogP contribution >= 0.6 is 0 Å². The second kappa shape index (κ2) is 8.15. The molecular weight excluding hydrogens is 302 g/mol. The summed E-state index contributed by atoms with van der Waals surface area (Å²) in [5.74, 6) is 0.0517. The van der Waals surface area contributed by atoms with Gasteiger partial charge in [-0.3, -0.25) is 9.69 Å². The van der Waals surface area contributed by atoms with Gasteiger partial charge in [0, 0.05) is 38.4 Å². The van der Waals surface area contributed by atoms with Gasteiger partial charge in [-0.15, -0.1) is 13.2 Å². The van der Waals surface area contributed by atoms with E-state index >= 15 is 0 Å². The zero-order valence-corrected chi connectivity index (χ0v) is 14.4. The molecule has 1 saturated heterocycles. The van der Waals surface area contributed by atoms with Crippen molar-refractivity contribution in [3.63, 3.8) is 0 Å². The quantitative estimate of drug-likeness (QED) is 0.613. The molecule has 0 radical (unpaired) electrons. The Morgan fingerprint density at radius 3 is 2.88 bits per heavy atom. The first-order valence-corrected chi connectivity index (χ1v) is 8.51. The SMILES string of the molecule is C=CC[C@@H]1CN(CC=C)CC[C@@]1(OC(=O)CC)c1cccc(O)c1. The van der Waals surface area contributed by atoms with Crippen LogP contribution in [0.1, 0.15) is 31.7 Å². The number of aromatic hydroxyl groups is 1. The second-order valence-corrected chi connectivity index (χ2v) is 6.29. The van der Waals surface area contributed by atoms with E-state index in [-0.39, 0.29) is 17.6 Å². The number of esters is 1. The predicted molar refractivity (Wildman–Crippen MR) is 95.7 cm³/mol. The number of hydrogen-bond acceptors (Lipinski definition) is 4. The Bertz CT molecular complexity index is 598. The van der Waals surface area contributed by atoms with E-state index in [1.807, 2.05) is 18.2 Å². The maximum Gasteiger partial charge on any atom is 0.306 e. The van der Waals surface area contributed by atoms with Gasteiger partial charge in [0.2, 0.25) is 0 Å². The van der Waals surface area contributed by atoms with E-state index in [0.717, 1.165) is 31.6 Å². The summed E-state index contributed by atoms with van der Waals surface area (Å²) in [5.41, 5.74) is 0.131. The first-order chi connectivity index (χ1) is 11.6. The van der Waals surface area contributed by atoms with Crippen LogP contribution in [0.5, 0.6) is 5.75 Å². The van der Waals surface area contributed by atoms with Gasteiger partial charge in [-0.2, -0.15) is 0 Å². The number of ether oxygens (including phenoxy) is 1. The fraction of sp³-hybridized carbons (Fsp3) is 0.450. The van der Waals surface area contributed by atoms with Crippen LogP contribution in [0, 0.1) is 5.92 Å². The normalized spacial score (nSPS) is 24.3. The summed E-state index contributed by atoms with van der Waals surface area (Å²) in [5, 5.41) is 9.92. The molecule has 24 heavy (non-hydrogen) atoms. The van der Waals surface area contributed by atoms with Gasteiger partial charge < -0.3 is 9.84 Å². The van der Waals surface area contributed by atoms with E-state index in [4.69, 9.17) is 4.74 Å². The zero-order valence-electron chi connectivity index (χ0n) is 14.4. The van der Waals surface area contributed by atoms with Gasteiger partial charge in [-0.05, 0) is 24.1 Å². The van der Waals surface area contributed by atoms with Gasteiger partial charge in [0.05, 0.1) is 0 Å². The molecule has 2 atom stereocenters. The summed E-state index contributed by atoms with van der Waals surface area (Å²) in [6.07, 6.45) is 5.52. The smallest absolute Gasteiger partial charge is 0.306 e. The Morgan fingerprint density at radius 2 is 2.25 bits per heavy atom. The van der Waals surface area contributed by atoms with Gasteiger partial charge in [0.1, 0.15) is 11.4 Å². The van der Waals surface area contributed by atoms with E-state index in [1.165, 1.54) is 0 Å². The number of carbonyl (C=O) groups excluding carboxylic acids is 1. The molecule has 1 N–H and O–H groups in total. The molecule has 2 rings (SSSR count). The number of hydrogen-bond donors (Lipinski definition) is 1. The minimum Gasteiger partial charge on any atom is -0.508 e. The number of benzene rings is 1. The average molecular weight is 329 g/mol. The first kappa shape index (κ1) is 18.3.